The van der Waals surface area contributed by atoms with Gasteiger partial charge in [0.25, 0.3) is 10.0 Å². The van der Waals surface area contributed by atoms with Crippen LogP contribution in [0.2, 0.25) is 0 Å². The van der Waals surface area contributed by atoms with Gasteiger partial charge in [-0.1, -0.05) is 19.9 Å². The second-order valence-corrected chi connectivity index (χ2v) is 9.11. The smallest absolute Gasteiger partial charge is 0.325 e. The van der Waals surface area contributed by atoms with Gasteiger partial charge < -0.3 is 4.74 Å². The Morgan fingerprint density at radius 1 is 1.11 bits per heavy atom. The summed E-state index contributed by atoms with van der Waals surface area (Å²) in [6, 6.07) is 6.72. The van der Waals surface area contributed by atoms with Crippen LogP contribution in [0.4, 0.5) is 4.39 Å². The van der Waals surface area contributed by atoms with Crippen LogP contribution in [0.1, 0.15) is 31.1 Å². The monoisotopic (exact) mass is 413 g/mol. The minimum absolute atomic E-state index is 0.0800. The number of sulfonamides is 1. The number of hydrogen-bond acceptors (Lipinski definition) is 6. The lowest BCUT2D eigenvalue weighted by Gasteiger charge is -2.22. The number of benzene rings is 1. The highest BCUT2D eigenvalue weighted by Gasteiger charge is 2.32. The average molecular weight is 413 g/mol. The molecule has 1 heterocycles. The van der Waals surface area contributed by atoms with Crippen molar-refractivity contribution in [1.29, 1.82) is 0 Å². The third-order valence-corrected chi connectivity index (χ3v) is 6.59. The Kier molecular flexibility index (Phi) is 6.85. The molecule has 9 heteroatoms. The number of esters is 1. The Bertz CT molecular complexity index is 892. The van der Waals surface area contributed by atoms with E-state index in [1.54, 1.807) is 25.3 Å². The van der Waals surface area contributed by atoms with E-state index in [9.17, 15) is 22.4 Å². The van der Waals surface area contributed by atoms with Crippen molar-refractivity contribution >= 4 is 33.1 Å². The summed E-state index contributed by atoms with van der Waals surface area (Å²) in [6.45, 7) is 4.71. The van der Waals surface area contributed by atoms with E-state index in [-0.39, 0.29) is 9.77 Å². The minimum atomic E-state index is -3.88. The fourth-order valence-electron chi connectivity index (χ4n) is 2.25. The number of Topliss-reactive ketones (excluding diaryl/α,β-unsaturated/α-hetero) is 1. The van der Waals surface area contributed by atoms with E-state index >= 15 is 0 Å². The molecule has 0 spiro atoms. The van der Waals surface area contributed by atoms with Crippen molar-refractivity contribution in [3.05, 3.63) is 53.2 Å². The maximum atomic E-state index is 13.0. The number of nitrogens with one attached hydrogen (secondary N) is 1. The highest BCUT2D eigenvalue weighted by molar-refractivity contribution is 7.91. The SMILES string of the molecule is CC(C)[C@H](NS(=O)(=O)c1cccs1)C(=O)O[C@H](C)C(=O)c1ccc(F)cc1. The first kappa shape index (κ1) is 21.2. The molecule has 0 aliphatic carbocycles. The van der Waals surface area contributed by atoms with Crippen molar-refractivity contribution in [2.75, 3.05) is 0 Å². The molecule has 27 heavy (non-hydrogen) atoms. The van der Waals surface area contributed by atoms with Gasteiger partial charge in [0, 0.05) is 5.56 Å². The Morgan fingerprint density at radius 2 is 1.74 bits per heavy atom. The molecule has 1 N–H and O–H groups in total. The second-order valence-electron chi connectivity index (χ2n) is 6.23. The lowest BCUT2D eigenvalue weighted by Crippen LogP contribution is -2.46. The topological polar surface area (TPSA) is 89.5 Å². The van der Waals surface area contributed by atoms with E-state index in [2.05, 4.69) is 4.72 Å². The zero-order chi connectivity index (χ0) is 20.2. The lowest BCUT2D eigenvalue weighted by molar-refractivity contribution is -0.149. The van der Waals surface area contributed by atoms with Gasteiger partial charge in [0.15, 0.2) is 6.10 Å². The normalized spacial score (nSPS) is 14.0. The van der Waals surface area contributed by atoms with E-state index in [1.165, 1.54) is 25.1 Å². The summed E-state index contributed by atoms with van der Waals surface area (Å²) < 4.78 is 45.3. The van der Waals surface area contributed by atoms with Gasteiger partial charge in [-0.25, -0.2) is 12.8 Å². The van der Waals surface area contributed by atoms with Crippen LogP contribution in [-0.4, -0.2) is 32.3 Å². The summed E-state index contributed by atoms with van der Waals surface area (Å²) in [7, 11) is -3.88. The molecule has 1 aromatic heterocycles. The summed E-state index contributed by atoms with van der Waals surface area (Å²) in [4.78, 5) is 24.8. The molecule has 2 atom stereocenters. The lowest BCUT2D eigenvalue weighted by atomic mass is 10.1. The van der Waals surface area contributed by atoms with Gasteiger partial charge in [0.1, 0.15) is 16.1 Å². The van der Waals surface area contributed by atoms with Gasteiger partial charge >= 0.3 is 5.97 Å². The van der Waals surface area contributed by atoms with Crippen LogP contribution in [-0.2, 0) is 19.6 Å². The first-order valence-corrected chi connectivity index (χ1v) is 10.5. The zero-order valence-corrected chi connectivity index (χ0v) is 16.6. The summed E-state index contributed by atoms with van der Waals surface area (Å²) in [6.07, 6.45) is -1.14. The van der Waals surface area contributed by atoms with Gasteiger partial charge in [0.2, 0.25) is 5.78 Å². The molecule has 0 saturated heterocycles. The average Bonchev–Trinajstić information content (AvgIpc) is 3.15. The maximum Gasteiger partial charge on any atom is 0.325 e. The van der Waals surface area contributed by atoms with Crippen LogP contribution >= 0.6 is 11.3 Å². The number of carbonyl (C=O) groups is 2. The predicted octanol–water partition coefficient (Wildman–Crippen LogP) is 3.00. The standard InChI is InChI=1S/C18H20FNO5S2/c1-11(2)16(20-27(23,24)15-5-4-10-26-15)18(22)25-12(3)17(21)13-6-8-14(19)9-7-13/h4-12,16,20H,1-3H3/t12-,16+/m1/s1. The Morgan fingerprint density at radius 3 is 2.26 bits per heavy atom. The molecule has 2 rings (SSSR count). The molecule has 0 unspecified atom stereocenters. The van der Waals surface area contributed by atoms with Crippen LogP contribution in [0.25, 0.3) is 0 Å². The Labute approximate surface area is 161 Å². The largest absolute Gasteiger partial charge is 0.453 e. The molecule has 0 amide bonds. The molecule has 0 bridgehead atoms. The molecular weight excluding hydrogens is 393 g/mol. The van der Waals surface area contributed by atoms with Gasteiger partial charge in [-0.15, -0.1) is 11.3 Å². The van der Waals surface area contributed by atoms with Crippen LogP contribution < -0.4 is 4.72 Å². The van der Waals surface area contributed by atoms with Gasteiger partial charge in [-0.3, -0.25) is 9.59 Å². The van der Waals surface area contributed by atoms with Crippen molar-refractivity contribution in [2.45, 2.75) is 37.1 Å². The van der Waals surface area contributed by atoms with Crippen molar-refractivity contribution in [3.8, 4) is 0 Å². The molecule has 1 aromatic carbocycles. The zero-order valence-electron chi connectivity index (χ0n) is 15.0. The Hall–Kier alpha value is -2.10. The molecule has 0 aliphatic rings. The van der Waals surface area contributed by atoms with Crippen LogP contribution in [0.15, 0.2) is 46.0 Å². The third kappa shape index (κ3) is 5.44. The highest BCUT2D eigenvalue weighted by Crippen LogP contribution is 2.18. The Balaban J connectivity index is 2.10. The van der Waals surface area contributed by atoms with E-state index in [0.29, 0.717) is 0 Å². The van der Waals surface area contributed by atoms with Gasteiger partial charge in [0.05, 0.1) is 0 Å². The fourth-order valence-corrected chi connectivity index (χ4v) is 4.59. The second kappa shape index (κ2) is 8.73. The fraction of sp³-hybridized carbons (Fsp3) is 0.333. The van der Waals surface area contributed by atoms with Crippen molar-refractivity contribution in [2.24, 2.45) is 5.92 Å². The number of carbonyl (C=O) groups excluding carboxylic acids is 2. The molecule has 0 saturated carbocycles. The molecule has 0 fully saturated rings. The number of hydrogen-bond donors (Lipinski definition) is 1. The molecule has 146 valence electrons. The first-order valence-electron chi connectivity index (χ1n) is 8.18. The van der Waals surface area contributed by atoms with Gasteiger partial charge in [-0.05, 0) is 48.6 Å². The van der Waals surface area contributed by atoms with E-state index < -0.39 is 45.7 Å². The van der Waals surface area contributed by atoms with Crippen LogP contribution in [0, 0.1) is 11.7 Å². The van der Waals surface area contributed by atoms with Crippen molar-refractivity contribution in [1.82, 2.24) is 4.72 Å². The van der Waals surface area contributed by atoms with E-state index in [1.807, 2.05) is 0 Å². The third-order valence-electron chi connectivity index (χ3n) is 3.75. The summed E-state index contributed by atoms with van der Waals surface area (Å²) in [5.41, 5.74) is 0.192. The quantitative estimate of drug-likeness (QED) is 0.531. The van der Waals surface area contributed by atoms with Crippen LogP contribution in [0.5, 0.6) is 0 Å². The predicted molar refractivity (Wildman–Crippen MR) is 99.6 cm³/mol. The summed E-state index contributed by atoms with van der Waals surface area (Å²) in [5.74, 6) is -2.25. The number of ketones is 1. The number of thiophene rings is 1. The number of halogens is 1. The molecule has 6 nitrogen and oxygen atoms in total. The van der Waals surface area contributed by atoms with E-state index in [4.69, 9.17) is 4.74 Å². The van der Waals surface area contributed by atoms with Crippen LogP contribution in [0.3, 0.4) is 0 Å². The molecule has 0 aliphatic heterocycles. The maximum absolute atomic E-state index is 13.0. The van der Waals surface area contributed by atoms with Crippen molar-refractivity contribution in [3.63, 3.8) is 0 Å². The molecular formula is C18H20FNO5S2. The molecule has 0 radical (unpaired) electrons. The number of ether oxygens (including phenoxy) is 1. The summed E-state index contributed by atoms with van der Waals surface area (Å²) in [5, 5.41) is 1.61. The minimum Gasteiger partial charge on any atom is -0.453 e. The highest BCUT2D eigenvalue weighted by atomic mass is 32.2. The van der Waals surface area contributed by atoms with Crippen molar-refractivity contribution < 1.29 is 27.1 Å². The molecule has 2 aromatic rings. The van der Waals surface area contributed by atoms with E-state index in [0.717, 1.165) is 23.5 Å². The summed E-state index contributed by atoms with van der Waals surface area (Å²) >= 11 is 1.03. The number of rotatable bonds is 8. The van der Waals surface area contributed by atoms with Gasteiger partial charge in [-0.2, -0.15) is 4.72 Å². The first-order chi connectivity index (χ1) is 12.6.